The van der Waals surface area contributed by atoms with Crippen molar-refractivity contribution in [2.75, 3.05) is 13.1 Å². The number of aromatic nitrogens is 1. The number of carbonyl (C=O) groups is 1. The zero-order valence-corrected chi connectivity index (χ0v) is 16.1. The third-order valence-electron chi connectivity index (χ3n) is 4.32. The van der Waals surface area contributed by atoms with E-state index in [1.54, 1.807) is 11.8 Å². The highest BCUT2D eigenvalue weighted by Gasteiger charge is 2.19. The molecule has 1 aliphatic heterocycles. The van der Waals surface area contributed by atoms with Crippen LogP contribution in [0.1, 0.15) is 40.2 Å². The van der Waals surface area contributed by atoms with Gasteiger partial charge in [0.25, 0.3) is 5.91 Å². The van der Waals surface area contributed by atoms with Crippen molar-refractivity contribution >= 4 is 30.1 Å². The molecule has 1 amide bonds. The van der Waals surface area contributed by atoms with Crippen molar-refractivity contribution in [2.45, 2.75) is 43.4 Å². The summed E-state index contributed by atoms with van der Waals surface area (Å²) in [5.74, 6) is 1.59. The van der Waals surface area contributed by atoms with Crippen LogP contribution in [0.2, 0.25) is 0 Å². The second-order valence-electron chi connectivity index (χ2n) is 6.10. The van der Waals surface area contributed by atoms with Gasteiger partial charge in [-0.25, -0.2) is 0 Å². The highest BCUT2D eigenvalue weighted by atomic mass is 35.5. The van der Waals surface area contributed by atoms with E-state index in [1.165, 1.54) is 0 Å². The van der Waals surface area contributed by atoms with Gasteiger partial charge in [-0.15, -0.1) is 24.2 Å². The van der Waals surface area contributed by atoms with Gasteiger partial charge in [0.15, 0.2) is 0 Å². The molecule has 7 heteroatoms. The Labute approximate surface area is 158 Å². The first-order chi connectivity index (χ1) is 11.6. The molecule has 0 spiro atoms. The highest BCUT2D eigenvalue weighted by Crippen LogP contribution is 2.28. The van der Waals surface area contributed by atoms with Crippen molar-refractivity contribution in [2.24, 2.45) is 0 Å². The van der Waals surface area contributed by atoms with E-state index < -0.39 is 0 Å². The van der Waals surface area contributed by atoms with Crippen LogP contribution in [0, 0.1) is 13.8 Å². The maximum atomic E-state index is 12.6. The Morgan fingerprint density at radius 1 is 1.40 bits per heavy atom. The lowest BCUT2D eigenvalue weighted by Gasteiger charge is -2.24. The molecule has 0 aliphatic carbocycles. The first-order valence-electron chi connectivity index (χ1n) is 8.30. The molecule has 2 aromatic rings. The fourth-order valence-corrected chi connectivity index (χ4v) is 4.08. The molecule has 1 fully saturated rings. The van der Waals surface area contributed by atoms with Crippen molar-refractivity contribution < 1.29 is 9.32 Å². The zero-order valence-electron chi connectivity index (χ0n) is 14.5. The van der Waals surface area contributed by atoms with Crippen molar-refractivity contribution in [1.29, 1.82) is 0 Å². The number of rotatable bonds is 5. The van der Waals surface area contributed by atoms with E-state index in [0.717, 1.165) is 59.2 Å². The molecule has 5 nitrogen and oxygen atoms in total. The molecule has 1 unspecified atom stereocenters. The van der Waals surface area contributed by atoms with Crippen LogP contribution in [0.5, 0.6) is 0 Å². The Morgan fingerprint density at radius 2 is 2.20 bits per heavy atom. The largest absolute Gasteiger partial charge is 0.361 e. The number of amides is 1. The van der Waals surface area contributed by atoms with Crippen molar-refractivity contribution in [3.8, 4) is 0 Å². The molecule has 1 atom stereocenters. The number of thioether (sulfide) groups is 1. The second kappa shape index (κ2) is 9.27. The number of nitrogens with one attached hydrogen (secondary N) is 2. The molecule has 2 N–H and O–H groups in total. The molecule has 2 heterocycles. The van der Waals surface area contributed by atoms with Crippen LogP contribution in [0.25, 0.3) is 0 Å². The van der Waals surface area contributed by atoms with Crippen LogP contribution in [-0.4, -0.2) is 30.2 Å². The molecular weight excluding hydrogens is 358 g/mol. The third-order valence-corrected chi connectivity index (χ3v) is 5.42. The number of hydrogen-bond acceptors (Lipinski definition) is 5. The van der Waals surface area contributed by atoms with E-state index in [2.05, 4.69) is 15.8 Å². The standard InChI is InChI=1S/C18H23N3O2S.ClH/c1-12-16(13(2)23-21-12)11-24-17-8-4-3-7-15(17)18(22)20-14-6-5-9-19-10-14;/h3-4,7-8,14,19H,5-6,9-11H2,1-2H3,(H,20,22);1H. The molecule has 25 heavy (non-hydrogen) atoms. The van der Waals surface area contributed by atoms with Crippen molar-refractivity contribution in [3.05, 3.63) is 46.8 Å². The van der Waals surface area contributed by atoms with E-state index in [-0.39, 0.29) is 24.4 Å². The molecule has 0 bridgehead atoms. The minimum Gasteiger partial charge on any atom is -0.361 e. The Kier molecular flexibility index (Phi) is 7.35. The highest BCUT2D eigenvalue weighted by molar-refractivity contribution is 7.98. The van der Waals surface area contributed by atoms with Gasteiger partial charge in [-0.05, 0) is 45.4 Å². The smallest absolute Gasteiger partial charge is 0.252 e. The molecular formula is C18H24ClN3O2S. The molecule has 1 aromatic carbocycles. The average Bonchev–Trinajstić information content (AvgIpc) is 2.92. The van der Waals surface area contributed by atoms with Crippen LogP contribution in [-0.2, 0) is 5.75 Å². The first kappa shape index (κ1) is 19.8. The summed E-state index contributed by atoms with van der Waals surface area (Å²) in [4.78, 5) is 13.6. The zero-order chi connectivity index (χ0) is 16.9. The number of carbonyl (C=O) groups excluding carboxylic acids is 1. The number of nitrogens with zero attached hydrogens (tertiary/aromatic N) is 1. The van der Waals surface area contributed by atoms with Crippen LogP contribution < -0.4 is 10.6 Å². The van der Waals surface area contributed by atoms with Gasteiger partial charge < -0.3 is 15.2 Å². The van der Waals surface area contributed by atoms with Gasteiger partial charge >= 0.3 is 0 Å². The number of hydrogen-bond donors (Lipinski definition) is 2. The summed E-state index contributed by atoms with van der Waals surface area (Å²) in [6.07, 6.45) is 2.14. The molecule has 0 radical (unpaired) electrons. The lowest BCUT2D eigenvalue weighted by Crippen LogP contribution is -2.45. The molecule has 136 valence electrons. The van der Waals surface area contributed by atoms with Crippen molar-refractivity contribution in [1.82, 2.24) is 15.8 Å². The number of benzene rings is 1. The van der Waals surface area contributed by atoms with E-state index in [1.807, 2.05) is 38.1 Å². The summed E-state index contributed by atoms with van der Waals surface area (Å²) in [5.41, 5.74) is 2.75. The van der Waals surface area contributed by atoms with E-state index in [9.17, 15) is 4.79 Å². The van der Waals surface area contributed by atoms with Crippen LogP contribution in [0.3, 0.4) is 0 Å². The Morgan fingerprint density at radius 3 is 2.88 bits per heavy atom. The predicted molar refractivity (Wildman–Crippen MR) is 103 cm³/mol. The maximum Gasteiger partial charge on any atom is 0.252 e. The van der Waals surface area contributed by atoms with Crippen molar-refractivity contribution in [3.63, 3.8) is 0 Å². The minimum atomic E-state index is 0. The van der Waals surface area contributed by atoms with E-state index in [0.29, 0.717) is 0 Å². The average molecular weight is 382 g/mol. The number of piperidine rings is 1. The van der Waals surface area contributed by atoms with E-state index in [4.69, 9.17) is 4.52 Å². The number of halogens is 1. The summed E-state index contributed by atoms with van der Waals surface area (Å²) >= 11 is 1.65. The van der Waals surface area contributed by atoms with Gasteiger partial charge in [0.05, 0.1) is 11.3 Å². The Hall–Kier alpha value is -1.50. The quantitative estimate of drug-likeness (QED) is 0.776. The lowest BCUT2D eigenvalue weighted by molar-refractivity contribution is 0.0927. The number of aryl methyl sites for hydroxylation is 2. The second-order valence-corrected chi connectivity index (χ2v) is 7.12. The van der Waals surface area contributed by atoms with Crippen LogP contribution in [0.4, 0.5) is 0 Å². The Balaban J connectivity index is 0.00000225. The molecule has 1 aromatic heterocycles. The molecule has 0 saturated carbocycles. The SMILES string of the molecule is Cc1noc(C)c1CSc1ccccc1C(=O)NC1CCCNC1.Cl. The van der Waals surface area contributed by atoms with Gasteiger partial charge in [-0.1, -0.05) is 17.3 Å². The third kappa shape index (κ3) is 5.00. The van der Waals surface area contributed by atoms with Gasteiger partial charge in [-0.2, -0.15) is 0 Å². The monoisotopic (exact) mass is 381 g/mol. The Bertz CT molecular complexity index is 695. The van der Waals surface area contributed by atoms with Gasteiger partial charge in [0, 0.05) is 28.8 Å². The maximum absolute atomic E-state index is 12.6. The summed E-state index contributed by atoms with van der Waals surface area (Å²) in [6, 6.07) is 7.98. The van der Waals surface area contributed by atoms with Gasteiger partial charge in [0.2, 0.25) is 0 Å². The topological polar surface area (TPSA) is 67.2 Å². The summed E-state index contributed by atoms with van der Waals surface area (Å²) in [5, 5.41) is 10.5. The van der Waals surface area contributed by atoms with E-state index >= 15 is 0 Å². The molecule has 1 saturated heterocycles. The lowest BCUT2D eigenvalue weighted by atomic mass is 10.1. The minimum absolute atomic E-state index is 0. The summed E-state index contributed by atoms with van der Waals surface area (Å²) in [7, 11) is 0. The van der Waals surface area contributed by atoms with Gasteiger partial charge in [0.1, 0.15) is 5.76 Å². The summed E-state index contributed by atoms with van der Waals surface area (Å²) < 4.78 is 5.21. The molecule has 3 rings (SSSR count). The van der Waals surface area contributed by atoms with Gasteiger partial charge in [-0.3, -0.25) is 4.79 Å². The first-order valence-corrected chi connectivity index (χ1v) is 9.29. The fourth-order valence-electron chi connectivity index (χ4n) is 2.88. The fraction of sp³-hybridized carbons (Fsp3) is 0.444. The summed E-state index contributed by atoms with van der Waals surface area (Å²) in [6.45, 7) is 5.75. The normalized spacial score (nSPS) is 17.0. The molecule has 1 aliphatic rings. The van der Waals surface area contributed by atoms with Crippen LogP contribution >= 0.6 is 24.2 Å². The van der Waals surface area contributed by atoms with Crippen LogP contribution in [0.15, 0.2) is 33.7 Å². The predicted octanol–water partition coefficient (Wildman–Crippen LogP) is 3.49.